The van der Waals surface area contributed by atoms with Gasteiger partial charge in [0.25, 0.3) is 0 Å². The number of aromatic nitrogens is 3. The number of H-pyrrole nitrogens is 1. The van der Waals surface area contributed by atoms with Crippen molar-refractivity contribution in [2.24, 2.45) is 0 Å². The summed E-state index contributed by atoms with van der Waals surface area (Å²) < 4.78 is 0. The van der Waals surface area contributed by atoms with Crippen LogP contribution in [-0.4, -0.2) is 41.1 Å². The van der Waals surface area contributed by atoms with E-state index in [-0.39, 0.29) is 0 Å². The van der Waals surface area contributed by atoms with Crippen LogP contribution in [0, 0.1) is 6.92 Å². The molecule has 0 atom stereocenters. The van der Waals surface area contributed by atoms with E-state index in [0.29, 0.717) is 6.04 Å². The predicted molar refractivity (Wildman–Crippen MR) is 72.9 cm³/mol. The quantitative estimate of drug-likeness (QED) is 0.841. The molecule has 1 aliphatic heterocycles. The topological polar surface area (TPSA) is 56.8 Å². The Bertz CT molecular complexity index is 541. The number of hydrogen-bond donors (Lipinski definition) is 2. The maximum Gasteiger partial charge on any atom is 0.143 e. The smallest absolute Gasteiger partial charge is 0.143 e. The Balaban J connectivity index is 1.99. The van der Waals surface area contributed by atoms with Crippen LogP contribution in [0.3, 0.4) is 0 Å². The van der Waals surface area contributed by atoms with Crippen LogP contribution in [0.2, 0.25) is 0 Å². The average molecular weight is 245 g/mol. The molecule has 0 aliphatic carbocycles. The van der Waals surface area contributed by atoms with Crippen LogP contribution in [0.4, 0.5) is 5.82 Å². The zero-order valence-corrected chi connectivity index (χ0v) is 10.9. The molecule has 1 fully saturated rings. The number of aryl methyl sites for hydroxylation is 1. The van der Waals surface area contributed by atoms with E-state index in [1.807, 2.05) is 13.1 Å². The van der Waals surface area contributed by atoms with Crippen molar-refractivity contribution in [3.63, 3.8) is 0 Å². The summed E-state index contributed by atoms with van der Waals surface area (Å²) in [7, 11) is 2.14. The van der Waals surface area contributed by atoms with Crippen molar-refractivity contribution in [3.05, 3.63) is 18.1 Å². The highest BCUT2D eigenvalue weighted by Gasteiger charge is 2.21. The fourth-order valence-electron chi connectivity index (χ4n) is 2.67. The fraction of sp³-hybridized carbons (Fsp3) is 0.538. The van der Waals surface area contributed by atoms with Gasteiger partial charge in [-0.25, -0.2) is 9.97 Å². The van der Waals surface area contributed by atoms with E-state index in [0.717, 1.165) is 35.8 Å². The third kappa shape index (κ3) is 1.95. The van der Waals surface area contributed by atoms with Crippen LogP contribution in [-0.2, 0) is 0 Å². The molecule has 1 saturated heterocycles. The molecule has 2 aromatic heterocycles. The van der Waals surface area contributed by atoms with Crippen molar-refractivity contribution in [1.29, 1.82) is 0 Å². The van der Waals surface area contributed by atoms with Crippen molar-refractivity contribution in [1.82, 2.24) is 20.3 Å². The zero-order chi connectivity index (χ0) is 12.5. The molecule has 0 bridgehead atoms. The number of hydrogen-bond acceptors (Lipinski definition) is 4. The van der Waals surface area contributed by atoms with Gasteiger partial charge in [0.05, 0.1) is 5.39 Å². The lowest BCUT2D eigenvalue weighted by molar-refractivity contribution is 0.442. The Labute approximate surface area is 107 Å². The Morgan fingerprint density at radius 2 is 2.06 bits per heavy atom. The molecule has 2 aromatic rings. The van der Waals surface area contributed by atoms with E-state index < -0.39 is 0 Å². The second kappa shape index (κ2) is 4.57. The van der Waals surface area contributed by atoms with Crippen molar-refractivity contribution >= 4 is 16.9 Å². The lowest BCUT2D eigenvalue weighted by Crippen LogP contribution is -2.41. The van der Waals surface area contributed by atoms with Crippen LogP contribution < -0.4 is 10.2 Å². The summed E-state index contributed by atoms with van der Waals surface area (Å²) in [6.45, 7) is 4.13. The third-order valence-electron chi connectivity index (χ3n) is 3.70. The molecule has 0 unspecified atom stereocenters. The summed E-state index contributed by atoms with van der Waals surface area (Å²) in [6.07, 6.45) is 4.27. The highest BCUT2D eigenvalue weighted by molar-refractivity contribution is 5.87. The standard InChI is InChI=1S/C13H19N5/c1-9-16-12-11(5-8-15-12)13(17-9)18(2)10-3-6-14-7-4-10/h5,8,10,14H,3-4,6-7H2,1-2H3,(H,15,16,17). The van der Waals surface area contributed by atoms with E-state index in [1.165, 1.54) is 12.8 Å². The molecule has 2 N–H and O–H groups in total. The maximum absolute atomic E-state index is 4.62. The molecular weight excluding hydrogens is 226 g/mol. The van der Waals surface area contributed by atoms with Gasteiger partial charge >= 0.3 is 0 Å². The average Bonchev–Trinajstić information content (AvgIpc) is 2.86. The first-order chi connectivity index (χ1) is 8.75. The molecule has 18 heavy (non-hydrogen) atoms. The number of aromatic amines is 1. The molecule has 0 radical (unpaired) electrons. The van der Waals surface area contributed by atoms with Crippen LogP contribution in [0.1, 0.15) is 18.7 Å². The molecule has 0 spiro atoms. The molecule has 5 heteroatoms. The summed E-state index contributed by atoms with van der Waals surface area (Å²) in [5.41, 5.74) is 0.929. The first-order valence-electron chi connectivity index (χ1n) is 6.51. The molecule has 96 valence electrons. The van der Waals surface area contributed by atoms with Crippen molar-refractivity contribution in [2.45, 2.75) is 25.8 Å². The van der Waals surface area contributed by atoms with Gasteiger partial charge in [-0.2, -0.15) is 0 Å². The second-order valence-electron chi connectivity index (χ2n) is 4.93. The first kappa shape index (κ1) is 11.5. The summed E-state index contributed by atoms with van der Waals surface area (Å²) in [4.78, 5) is 14.5. The van der Waals surface area contributed by atoms with Gasteiger partial charge in [0.2, 0.25) is 0 Å². The number of rotatable bonds is 2. The van der Waals surface area contributed by atoms with Gasteiger partial charge in [0.15, 0.2) is 0 Å². The van der Waals surface area contributed by atoms with Gasteiger partial charge in [-0.05, 0) is 38.9 Å². The number of nitrogens with one attached hydrogen (secondary N) is 2. The third-order valence-corrected chi connectivity index (χ3v) is 3.70. The highest BCUT2D eigenvalue weighted by Crippen LogP contribution is 2.25. The molecule has 0 aromatic carbocycles. The Kier molecular flexibility index (Phi) is 2.91. The monoisotopic (exact) mass is 245 g/mol. The van der Waals surface area contributed by atoms with Crippen molar-refractivity contribution < 1.29 is 0 Å². The van der Waals surface area contributed by atoms with E-state index >= 15 is 0 Å². The molecule has 0 amide bonds. The number of piperidine rings is 1. The molecular formula is C13H19N5. The van der Waals surface area contributed by atoms with Gasteiger partial charge in [-0.1, -0.05) is 0 Å². The maximum atomic E-state index is 4.62. The molecule has 5 nitrogen and oxygen atoms in total. The van der Waals surface area contributed by atoms with Gasteiger partial charge in [0.1, 0.15) is 17.3 Å². The minimum Gasteiger partial charge on any atom is -0.356 e. The normalized spacial score (nSPS) is 17.2. The van der Waals surface area contributed by atoms with E-state index in [2.05, 4.69) is 38.3 Å². The lowest BCUT2D eigenvalue weighted by Gasteiger charge is -2.32. The number of fused-ring (bicyclic) bond motifs is 1. The van der Waals surface area contributed by atoms with Crippen molar-refractivity contribution in [2.75, 3.05) is 25.0 Å². The molecule has 1 aliphatic rings. The zero-order valence-electron chi connectivity index (χ0n) is 10.9. The number of nitrogens with zero attached hydrogens (tertiary/aromatic N) is 3. The van der Waals surface area contributed by atoms with Gasteiger partial charge in [-0.3, -0.25) is 0 Å². The largest absolute Gasteiger partial charge is 0.356 e. The first-order valence-corrected chi connectivity index (χ1v) is 6.51. The van der Waals surface area contributed by atoms with Gasteiger partial charge < -0.3 is 15.2 Å². The summed E-state index contributed by atoms with van der Waals surface area (Å²) in [5, 5.41) is 4.51. The molecule has 3 rings (SSSR count). The number of anilines is 1. The minimum absolute atomic E-state index is 0.568. The van der Waals surface area contributed by atoms with Crippen LogP contribution in [0.15, 0.2) is 12.3 Å². The Morgan fingerprint density at radius 1 is 1.28 bits per heavy atom. The summed E-state index contributed by atoms with van der Waals surface area (Å²) in [6, 6.07) is 2.63. The molecule has 0 saturated carbocycles. The molecule has 3 heterocycles. The van der Waals surface area contributed by atoms with Crippen LogP contribution in [0.5, 0.6) is 0 Å². The second-order valence-corrected chi connectivity index (χ2v) is 4.93. The summed E-state index contributed by atoms with van der Waals surface area (Å²) >= 11 is 0. The lowest BCUT2D eigenvalue weighted by atomic mass is 10.1. The van der Waals surface area contributed by atoms with Crippen LogP contribution in [0.25, 0.3) is 11.0 Å². The van der Waals surface area contributed by atoms with Crippen LogP contribution >= 0.6 is 0 Å². The Hall–Kier alpha value is -1.62. The minimum atomic E-state index is 0.568. The fourth-order valence-corrected chi connectivity index (χ4v) is 2.67. The highest BCUT2D eigenvalue weighted by atomic mass is 15.2. The summed E-state index contributed by atoms with van der Waals surface area (Å²) in [5.74, 6) is 1.87. The van der Waals surface area contributed by atoms with Gasteiger partial charge in [-0.15, -0.1) is 0 Å². The van der Waals surface area contributed by atoms with E-state index in [9.17, 15) is 0 Å². The predicted octanol–water partition coefficient (Wildman–Crippen LogP) is 1.45. The van der Waals surface area contributed by atoms with Crippen molar-refractivity contribution in [3.8, 4) is 0 Å². The Morgan fingerprint density at radius 3 is 2.83 bits per heavy atom. The van der Waals surface area contributed by atoms with E-state index in [1.54, 1.807) is 0 Å². The SMILES string of the molecule is Cc1nc(N(C)C2CCNCC2)c2cc[nH]c2n1. The van der Waals surface area contributed by atoms with Gasteiger partial charge in [0, 0.05) is 19.3 Å². The van der Waals surface area contributed by atoms with E-state index in [4.69, 9.17) is 0 Å².